The van der Waals surface area contributed by atoms with E-state index in [1.54, 1.807) is 26.4 Å². The van der Waals surface area contributed by atoms with E-state index in [1.807, 2.05) is 84.9 Å². The van der Waals surface area contributed by atoms with Crippen molar-refractivity contribution < 1.29 is 23.7 Å². The molecule has 0 heterocycles. The lowest BCUT2D eigenvalue weighted by Gasteiger charge is -2.16. The van der Waals surface area contributed by atoms with Crippen LogP contribution in [0.5, 0.6) is 28.7 Å². The van der Waals surface area contributed by atoms with E-state index >= 15 is 0 Å². The van der Waals surface area contributed by atoms with Gasteiger partial charge in [-0.3, -0.25) is 4.79 Å². The third kappa shape index (κ3) is 6.39. The molecule has 0 unspecified atom stereocenters. The first-order chi connectivity index (χ1) is 19.1. The summed E-state index contributed by atoms with van der Waals surface area (Å²) in [6.45, 7) is 0. The van der Waals surface area contributed by atoms with Gasteiger partial charge >= 0.3 is 5.97 Å². The van der Waals surface area contributed by atoms with Crippen LogP contribution >= 0.6 is 0 Å². The maximum atomic E-state index is 12.1. The van der Waals surface area contributed by atoms with Crippen LogP contribution in [0, 0.1) is 0 Å². The van der Waals surface area contributed by atoms with Crippen LogP contribution in [-0.2, 0) is 11.2 Å². The Morgan fingerprint density at radius 1 is 0.667 bits per heavy atom. The number of methoxy groups -OCH3 is 2. The van der Waals surface area contributed by atoms with Gasteiger partial charge in [0, 0.05) is 17.4 Å². The number of benzene rings is 5. The van der Waals surface area contributed by atoms with Crippen molar-refractivity contribution in [1.82, 2.24) is 0 Å². The molecule has 0 N–H and O–H groups in total. The molecule has 5 aromatic carbocycles. The van der Waals surface area contributed by atoms with Gasteiger partial charge in [0.1, 0.15) is 28.7 Å². The first kappa shape index (κ1) is 25.9. The molecule has 39 heavy (non-hydrogen) atoms. The number of hydrogen-bond donors (Lipinski definition) is 0. The normalized spacial score (nSPS) is 10.7. The van der Waals surface area contributed by atoms with E-state index in [0.717, 1.165) is 56.9 Å². The van der Waals surface area contributed by atoms with Gasteiger partial charge in [-0.25, -0.2) is 0 Å². The molecule has 0 atom stereocenters. The predicted octanol–water partition coefficient (Wildman–Crippen LogP) is 8.24. The number of hydrogen-bond acceptors (Lipinski definition) is 5. The van der Waals surface area contributed by atoms with Crippen LogP contribution in [0.25, 0.3) is 21.9 Å². The van der Waals surface area contributed by atoms with Crippen molar-refractivity contribution in [2.45, 2.75) is 19.3 Å². The molecule has 0 aliphatic carbocycles. The zero-order chi connectivity index (χ0) is 27.0. The summed E-state index contributed by atoms with van der Waals surface area (Å²) in [5.74, 6) is 3.46. The first-order valence-corrected chi connectivity index (χ1v) is 12.9. The molecule has 0 saturated heterocycles. The highest BCUT2D eigenvalue weighted by Gasteiger charge is 2.14. The van der Waals surface area contributed by atoms with Crippen molar-refractivity contribution in [2.24, 2.45) is 0 Å². The molecule has 0 aromatic heterocycles. The quantitative estimate of drug-likeness (QED) is 0.138. The molecule has 5 heteroatoms. The average Bonchev–Trinajstić information content (AvgIpc) is 2.98. The second kappa shape index (κ2) is 12.2. The van der Waals surface area contributed by atoms with Gasteiger partial charge in [-0.1, -0.05) is 48.5 Å². The van der Waals surface area contributed by atoms with Crippen LogP contribution in [0.1, 0.15) is 18.4 Å². The Bertz CT molecular complexity index is 1540. The third-order valence-corrected chi connectivity index (χ3v) is 6.54. The summed E-state index contributed by atoms with van der Waals surface area (Å²) in [5.41, 5.74) is 3.15. The summed E-state index contributed by atoms with van der Waals surface area (Å²) >= 11 is 0. The molecule has 5 aromatic rings. The fourth-order valence-electron chi connectivity index (χ4n) is 4.46. The van der Waals surface area contributed by atoms with Gasteiger partial charge in [0.05, 0.1) is 14.2 Å². The number of carbonyl (C=O) groups is 1. The van der Waals surface area contributed by atoms with Crippen molar-refractivity contribution in [3.8, 4) is 39.9 Å². The smallest absolute Gasteiger partial charge is 0.311 e. The highest BCUT2D eigenvalue weighted by Crippen LogP contribution is 2.41. The molecule has 0 amide bonds. The van der Waals surface area contributed by atoms with E-state index in [2.05, 4.69) is 12.1 Å². The predicted molar refractivity (Wildman–Crippen MR) is 154 cm³/mol. The van der Waals surface area contributed by atoms with Crippen molar-refractivity contribution in [3.63, 3.8) is 0 Å². The standard InChI is InChI=1S/C34H30O5/c1-36-27-18-13-25(14-19-27)31-21-15-26-23-30(37-2)20-22-32(26)34(31)39-29-16-11-24(12-17-29)7-6-10-33(35)38-28-8-4-3-5-9-28/h3-5,8-9,11-23H,6-7,10H2,1-2H3. The second-order valence-electron chi connectivity index (χ2n) is 9.14. The Kier molecular flexibility index (Phi) is 8.08. The molecular weight excluding hydrogens is 488 g/mol. The lowest BCUT2D eigenvalue weighted by molar-refractivity contribution is -0.134. The number of rotatable bonds is 10. The third-order valence-electron chi connectivity index (χ3n) is 6.54. The number of fused-ring (bicyclic) bond motifs is 1. The van der Waals surface area contributed by atoms with Gasteiger partial charge in [-0.05, 0) is 90.0 Å². The van der Waals surface area contributed by atoms with E-state index in [-0.39, 0.29) is 5.97 Å². The van der Waals surface area contributed by atoms with Gasteiger partial charge in [0.25, 0.3) is 0 Å². The molecule has 0 fully saturated rings. The van der Waals surface area contributed by atoms with Crippen LogP contribution in [0.4, 0.5) is 0 Å². The maximum absolute atomic E-state index is 12.1. The van der Waals surface area contributed by atoms with Gasteiger partial charge < -0.3 is 18.9 Å². The SMILES string of the molecule is COc1ccc(-c2ccc3cc(OC)ccc3c2Oc2ccc(CCCC(=O)Oc3ccccc3)cc2)cc1. The summed E-state index contributed by atoms with van der Waals surface area (Å²) in [4.78, 5) is 12.1. The summed E-state index contributed by atoms with van der Waals surface area (Å²) in [7, 11) is 3.32. The fraction of sp³-hybridized carbons (Fsp3) is 0.147. The van der Waals surface area contributed by atoms with Crippen molar-refractivity contribution in [2.75, 3.05) is 14.2 Å². The summed E-state index contributed by atoms with van der Waals surface area (Å²) < 4.78 is 22.7. The van der Waals surface area contributed by atoms with Gasteiger partial charge in [0.2, 0.25) is 0 Å². The minimum Gasteiger partial charge on any atom is -0.497 e. The first-order valence-electron chi connectivity index (χ1n) is 12.9. The maximum Gasteiger partial charge on any atom is 0.311 e. The Morgan fingerprint density at radius 2 is 1.36 bits per heavy atom. The summed E-state index contributed by atoms with van der Waals surface area (Å²) in [5, 5.41) is 2.02. The van der Waals surface area contributed by atoms with E-state index in [0.29, 0.717) is 18.6 Å². The number of ether oxygens (including phenoxy) is 4. The lowest BCUT2D eigenvalue weighted by atomic mass is 9.99. The second-order valence-corrected chi connectivity index (χ2v) is 9.14. The number of aryl methyl sites for hydroxylation is 1. The Hall–Kier alpha value is -4.77. The van der Waals surface area contributed by atoms with Gasteiger partial charge in [0.15, 0.2) is 0 Å². The van der Waals surface area contributed by atoms with Gasteiger partial charge in [-0.15, -0.1) is 0 Å². The molecule has 0 saturated carbocycles. The number of para-hydroxylation sites is 1. The zero-order valence-corrected chi connectivity index (χ0v) is 22.1. The van der Waals surface area contributed by atoms with Crippen LogP contribution in [0.15, 0.2) is 109 Å². The highest BCUT2D eigenvalue weighted by molar-refractivity contribution is 5.96. The Morgan fingerprint density at radius 3 is 2.08 bits per heavy atom. The zero-order valence-electron chi connectivity index (χ0n) is 22.1. The van der Waals surface area contributed by atoms with E-state index in [4.69, 9.17) is 18.9 Å². The molecule has 0 aliphatic rings. The minimum absolute atomic E-state index is 0.222. The van der Waals surface area contributed by atoms with E-state index in [9.17, 15) is 4.79 Å². The number of esters is 1. The topological polar surface area (TPSA) is 54.0 Å². The molecule has 0 spiro atoms. The Labute approximate surface area is 228 Å². The van der Waals surface area contributed by atoms with Crippen LogP contribution in [0.3, 0.4) is 0 Å². The van der Waals surface area contributed by atoms with E-state index in [1.165, 1.54) is 0 Å². The molecule has 5 nitrogen and oxygen atoms in total. The average molecular weight is 519 g/mol. The molecule has 0 aliphatic heterocycles. The molecule has 196 valence electrons. The van der Waals surface area contributed by atoms with Crippen molar-refractivity contribution in [1.29, 1.82) is 0 Å². The van der Waals surface area contributed by atoms with Gasteiger partial charge in [-0.2, -0.15) is 0 Å². The van der Waals surface area contributed by atoms with Crippen molar-refractivity contribution in [3.05, 3.63) is 115 Å². The van der Waals surface area contributed by atoms with Crippen LogP contribution < -0.4 is 18.9 Å². The summed E-state index contributed by atoms with van der Waals surface area (Å²) in [6.07, 6.45) is 1.84. The summed E-state index contributed by atoms with van der Waals surface area (Å²) in [6, 6.07) is 35.3. The van der Waals surface area contributed by atoms with E-state index < -0.39 is 0 Å². The minimum atomic E-state index is -0.222. The molecular formula is C34H30O5. The molecule has 0 bridgehead atoms. The largest absolute Gasteiger partial charge is 0.497 e. The number of carbonyl (C=O) groups excluding carboxylic acids is 1. The van der Waals surface area contributed by atoms with Crippen LogP contribution in [-0.4, -0.2) is 20.2 Å². The van der Waals surface area contributed by atoms with Crippen molar-refractivity contribution >= 4 is 16.7 Å². The Balaban J connectivity index is 1.32. The monoisotopic (exact) mass is 518 g/mol. The molecule has 0 radical (unpaired) electrons. The molecule has 5 rings (SSSR count). The van der Waals surface area contributed by atoms with Crippen LogP contribution in [0.2, 0.25) is 0 Å². The highest BCUT2D eigenvalue weighted by atomic mass is 16.5. The lowest BCUT2D eigenvalue weighted by Crippen LogP contribution is -2.07. The fourth-order valence-corrected chi connectivity index (χ4v) is 4.46.